The summed E-state index contributed by atoms with van der Waals surface area (Å²) >= 11 is 1.39. The molecule has 0 bridgehead atoms. The molecule has 0 atom stereocenters. The molecule has 0 saturated heterocycles. The molecule has 1 N–H and O–H groups in total. The van der Waals surface area contributed by atoms with Crippen LogP contribution < -0.4 is 10.1 Å². The first-order valence-corrected chi connectivity index (χ1v) is 8.67. The van der Waals surface area contributed by atoms with Gasteiger partial charge < -0.3 is 14.5 Å². The van der Waals surface area contributed by atoms with E-state index in [9.17, 15) is 0 Å². The van der Waals surface area contributed by atoms with Gasteiger partial charge in [0.15, 0.2) is 0 Å². The van der Waals surface area contributed by atoms with Gasteiger partial charge in [-0.2, -0.15) is 9.36 Å². The summed E-state index contributed by atoms with van der Waals surface area (Å²) in [5, 5.41) is 4.11. The van der Waals surface area contributed by atoms with Crippen molar-refractivity contribution < 1.29 is 9.15 Å². The van der Waals surface area contributed by atoms with Gasteiger partial charge in [-0.3, -0.25) is 0 Å². The van der Waals surface area contributed by atoms with Crippen molar-refractivity contribution in [2.75, 3.05) is 5.32 Å². The van der Waals surface area contributed by atoms with Crippen LogP contribution in [0.2, 0.25) is 0 Å². The number of furan rings is 1. The van der Waals surface area contributed by atoms with E-state index in [1.807, 2.05) is 19.1 Å². The van der Waals surface area contributed by atoms with Crippen LogP contribution >= 0.6 is 11.5 Å². The Labute approximate surface area is 138 Å². The van der Waals surface area contributed by atoms with E-state index in [0.29, 0.717) is 17.4 Å². The van der Waals surface area contributed by atoms with Crippen molar-refractivity contribution in [3.63, 3.8) is 0 Å². The molecule has 1 fully saturated rings. The topological polar surface area (TPSA) is 73.1 Å². The zero-order valence-corrected chi connectivity index (χ0v) is 13.7. The second-order valence-corrected chi connectivity index (χ2v) is 6.63. The number of nitrogens with one attached hydrogen (secondary N) is 1. The van der Waals surface area contributed by atoms with E-state index in [0.717, 1.165) is 29.1 Å². The van der Waals surface area contributed by atoms with E-state index in [-0.39, 0.29) is 6.10 Å². The summed E-state index contributed by atoms with van der Waals surface area (Å²) < 4.78 is 15.9. The molecule has 120 valence electrons. The highest BCUT2D eigenvalue weighted by Gasteiger charge is 2.19. The van der Waals surface area contributed by atoms with Crippen LogP contribution in [0.25, 0.3) is 11.1 Å². The summed E-state index contributed by atoms with van der Waals surface area (Å²) in [4.78, 5) is 8.99. The summed E-state index contributed by atoms with van der Waals surface area (Å²) in [5.41, 5.74) is 2.33. The van der Waals surface area contributed by atoms with E-state index < -0.39 is 0 Å². The average molecular weight is 330 g/mol. The number of aromatic nitrogens is 3. The fourth-order valence-electron chi connectivity index (χ4n) is 2.85. The first kappa shape index (κ1) is 14.4. The molecule has 1 saturated carbocycles. The van der Waals surface area contributed by atoms with Gasteiger partial charge in [0.05, 0.1) is 12.0 Å². The minimum absolute atomic E-state index is 0.213. The molecule has 0 amide bonds. The number of hydrogen-bond donors (Lipinski definition) is 1. The van der Waals surface area contributed by atoms with E-state index in [1.165, 1.54) is 30.8 Å². The molecule has 3 aromatic rings. The third kappa shape index (κ3) is 3.14. The molecule has 3 heterocycles. The lowest BCUT2D eigenvalue weighted by atomic mass is 9.98. The second-order valence-electron chi connectivity index (χ2n) is 5.82. The van der Waals surface area contributed by atoms with Gasteiger partial charge in [0.1, 0.15) is 16.6 Å². The zero-order chi connectivity index (χ0) is 15.6. The van der Waals surface area contributed by atoms with Crippen molar-refractivity contribution in [2.45, 2.75) is 45.1 Å². The van der Waals surface area contributed by atoms with Crippen LogP contribution in [0.15, 0.2) is 22.8 Å². The summed E-state index contributed by atoms with van der Waals surface area (Å²) in [6.07, 6.45) is 7.69. The third-order valence-corrected chi connectivity index (χ3v) is 4.76. The summed E-state index contributed by atoms with van der Waals surface area (Å²) in [5.74, 6) is 1.03. The van der Waals surface area contributed by atoms with Crippen molar-refractivity contribution in [3.05, 3.63) is 24.1 Å². The lowest BCUT2D eigenvalue weighted by Gasteiger charge is -2.22. The number of rotatable bonds is 4. The molecular weight excluding hydrogens is 312 g/mol. The number of fused-ring (bicyclic) bond motifs is 1. The Hall–Kier alpha value is -2.15. The Morgan fingerprint density at radius 2 is 2.13 bits per heavy atom. The molecule has 7 heteroatoms. The van der Waals surface area contributed by atoms with Crippen LogP contribution in [0, 0.1) is 6.92 Å². The number of nitrogens with zero attached hydrogens (tertiary/aromatic N) is 3. The van der Waals surface area contributed by atoms with Crippen molar-refractivity contribution in [3.8, 4) is 5.88 Å². The SMILES string of the molecule is Cc1cc(Nc2nc(OC3CCCCC3)c3occc3n2)sn1. The van der Waals surface area contributed by atoms with Crippen LogP contribution in [0.1, 0.15) is 37.8 Å². The van der Waals surface area contributed by atoms with Crippen LogP contribution in [-0.4, -0.2) is 20.4 Å². The molecule has 0 aliphatic heterocycles. The Kier molecular flexibility index (Phi) is 3.87. The van der Waals surface area contributed by atoms with Crippen molar-refractivity contribution >= 4 is 33.6 Å². The van der Waals surface area contributed by atoms with Crippen LogP contribution in [0.4, 0.5) is 10.9 Å². The highest BCUT2D eigenvalue weighted by atomic mass is 32.1. The Morgan fingerprint density at radius 3 is 2.91 bits per heavy atom. The van der Waals surface area contributed by atoms with Gasteiger partial charge in [0.25, 0.3) is 5.88 Å². The largest absolute Gasteiger partial charge is 0.472 e. The standard InChI is InChI=1S/C16H18N4O2S/c1-10-9-13(23-20-10)18-16-17-12-7-8-21-14(12)15(19-16)22-11-5-3-2-4-6-11/h7-9,11H,2-6H2,1H3,(H,17,18,19). The molecule has 1 aliphatic carbocycles. The lowest BCUT2D eigenvalue weighted by Crippen LogP contribution is -2.20. The molecule has 4 rings (SSSR count). The quantitative estimate of drug-likeness (QED) is 0.762. The maximum Gasteiger partial charge on any atom is 0.263 e. The maximum absolute atomic E-state index is 6.11. The lowest BCUT2D eigenvalue weighted by molar-refractivity contribution is 0.149. The second kappa shape index (κ2) is 6.16. The van der Waals surface area contributed by atoms with Gasteiger partial charge in [-0.15, -0.1) is 0 Å². The maximum atomic E-state index is 6.11. The molecule has 0 spiro atoms. The zero-order valence-electron chi connectivity index (χ0n) is 12.9. The van der Waals surface area contributed by atoms with Gasteiger partial charge in [-0.05, 0) is 50.2 Å². The Balaban J connectivity index is 1.63. The highest BCUT2D eigenvalue weighted by Crippen LogP contribution is 2.30. The van der Waals surface area contributed by atoms with E-state index in [2.05, 4.69) is 19.7 Å². The first-order valence-electron chi connectivity index (χ1n) is 7.90. The predicted molar refractivity (Wildman–Crippen MR) is 89.4 cm³/mol. The van der Waals surface area contributed by atoms with Crippen LogP contribution in [0.5, 0.6) is 5.88 Å². The molecule has 6 nitrogen and oxygen atoms in total. The Bertz CT molecular complexity index is 807. The van der Waals surface area contributed by atoms with Crippen LogP contribution in [0.3, 0.4) is 0 Å². The van der Waals surface area contributed by atoms with Gasteiger partial charge in [0.2, 0.25) is 11.5 Å². The molecule has 0 aromatic carbocycles. The highest BCUT2D eigenvalue weighted by molar-refractivity contribution is 7.10. The average Bonchev–Trinajstić information content (AvgIpc) is 3.17. The molecule has 1 aliphatic rings. The van der Waals surface area contributed by atoms with Gasteiger partial charge >= 0.3 is 0 Å². The minimum Gasteiger partial charge on any atom is -0.472 e. The fraction of sp³-hybridized carbons (Fsp3) is 0.438. The predicted octanol–water partition coefficient (Wildman–Crippen LogP) is 4.44. The summed E-state index contributed by atoms with van der Waals surface area (Å²) in [7, 11) is 0. The number of aryl methyl sites for hydroxylation is 1. The monoisotopic (exact) mass is 330 g/mol. The minimum atomic E-state index is 0.213. The van der Waals surface area contributed by atoms with E-state index in [1.54, 1.807) is 6.26 Å². The molecule has 3 aromatic heterocycles. The van der Waals surface area contributed by atoms with Crippen molar-refractivity contribution in [1.29, 1.82) is 0 Å². The molecule has 23 heavy (non-hydrogen) atoms. The fourth-order valence-corrected chi connectivity index (χ4v) is 3.50. The number of anilines is 2. The number of hydrogen-bond acceptors (Lipinski definition) is 7. The van der Waals surface area contributed by atoms with E-state index in [4.69, 9.17) is 9.15 Å². The smallest absolute Gasteiger partial charge is 0.263 e. The number of ether oxygens (including phenoxy) is 1. The molecular formula is C16H18N4O2S. The van der Waals surface area contributed by atoms with Crippen molar-refractivity contribution in [2.24, 2.45) is 0 Å². The van der Waals surface area contributed by atoms with Gasteiger partial charge in [0, 0.05) is 6.07 Å². The summed E-state index contributed by atoms with van der Waals surface area (Å²) in [6, 6.07) is 3.79. The third-order valence-electron chi connectivity index (χ3n) is 3.97. The normalized spacial score (nSPS) is 15.9. The van der Waals surface area contributed by atoms with E-state index >= 15 is 0 Å². The first-order chi connectivity index (χ1) is 11.3. The van der Waals surface area contributed by atoms with Gasteiger partial charge in [-0.1, -0.05) is 6.42 Å². The van der Waals surface area contributed by atoms with Gasteiger partial charge in [-0.25, -0.2) is 4.98 Å². The molecule has 0 unspecified atom stereocenters. The summed E-state index contributed by atoms with van der Waals surface area (Å²) in [6.45, 7) is 1.96. The molecule has 0 radical (unpaired) electrons. The van der Waals surface area contributed by atoms with Crippen LogP contribution in [-0.2, 0) is 0 Å². The Morgan fingerprint density at radius 1 is 1.26 bits per heavy atom. The van der Waals surface area contributed by atoms with Crippen molar-refractivity contribution in [1.82, 2.24) is 14.3 Å².